The molecule has 2 amide bonds. The summed E-state index contributed by atoms with van der Waals surface area (Å²) >= 11 is 0. The Kier molecular flexibility index (Phi) is 7.40. The molecule has 6 heteroatoms. The third-order valence-electron chi connectivity index (χ3n) is 5.83. The summed E-state index contributed by atoms with van der Waals surface area (Å²) in [6, 6.07) is 14.3. The van der Waals surface area contributed by atoms with Crippen LogP contribution in [-0.4, -0.2) is 36.7 Å². The number of nitrogens with one attached hydrogen (secondary N) is 2. The van der Waals surface area contributed by atoms with E-state index in [4.69, 9.17) is 4.74 Å². The molecule has 0 atom stereocenters. The molecule has 0 saturated heterocycles. The molecule has 0 spiro atoms. The first-order valence-corrected chi connectivity index (χ1v) is 10.4. The zero-order chi connectivity index (χ0) is 19.3. The second-order valence-corrected chi connectivity index (χ2v) is 7.61. The summed E-state index contributed by atoms with van der Waals surface area (Å²) in [7, 11) is 0. The lowest BCUT2D eigenvalue weighted by Gasteiger charge is -2.36. The smallest absolute Gasteiger partial charge is 0.323 e. The molecule has 1 aliphatic heterocycles. The summed E-state index contributed by atoms with van der Waals surface area (Å²) < 4.78 is 5.57. The molecule has 0 radical (unpaired) electrons. The molecule has 4 rings (SSSR count). The number of nitrogens with zero attached hydrogens (tertiary/aromatic N) is 1. The van der Waals surface area contributed by atoms with E-state index in [9.17, 15) is 4.79 Å². The summed E-state index contributed by atoms with van der Waals surface area (Å²) in [4.78, 5) is 15.1. The zero-order valence-electron chi connectivity index (χ0n) is 16.9. The van der Waals surface area contributed by atoms with Crippen molar-refractivity contribution in [3.63, 3.8) is 0 Å². The van der Waals surface area contributed by atoms with Gasteiger partial charge in [-0.3, -0.25) is 4.90 Å². The highest BCUT2D eigenvalue weighted by atomic mass is 35.5. The molecular formula is C23H30ClN3O2. The van der Waals surface area contributed by atoms with Crippen molar-refractivity contribution in [1.29, 1.82) is 0 Å². The van der Waals surface area contributed by atoms with Crippen LogP contribution in [0.4, 0.5) is 16.2 Å². The van der Waals surface area contributed by atoms with E-state index < -0.39 is 0 Å². The van der Waals surface area contributed by atoms with Crippen molar-refractivity contribution in [3.05, 3.63) is 53.6 Å². The van der Waals surface area contributed by atoms with Gasteiger partial charge >= 0.3 is 6.03 Å². The summed E-state index contributed by atoms with van der Waals surface area (Å²) in [5.74, 6) is 0.679. The Hall–Kier alpha value is -2.24. The van der Waals surface area contributed by atoms with Gasteiger partial charge in [-0.15, -0.1) is 12.4 Å². The molecule has 2 aliphatic rings. The summed E-state index contributed by atoms with van der Waals surface area (Å²) in [5.41, 5.74) is 4.28. The molecule has 0 unspecified atom stereocenters. The van der Waals surface area contributed by atoms with Crippen molar-refractivity contribution < 1.29 is 9.53 Å². The fourth-order valence-electron chi connectivity index (χ4n) is 4.07. The van der Waals surface area contributed by atoms with Crippen molar-refractivity contribution in [3.8, 4) is 5.75 Å². The number of carbonyl (C=O) groups is 1. The molecule has 156 valence electrons. The topological polar surface area (TPSA) is 53.6 Å². The minimum Gasteiger partial charge on any atom is -0.492 e. The first-order valence-electron chi connectivity index (χ1n) is 10.4. The third-order valence-corrected chi connectivity index (χ3v) is 5.83. The van der Waals surface area contributed by atoms with Gasteiger partial charge in [0.25, 0.3) is 0 Å². The van der Waals surface area contributed by atoms with Crippen LogP contribution in [-0.2, 0) is 12.8 Å². The first-order chi connectivity index (χ1) is 13.7. The molecule has 29 heavy (non-hydrogen) atoms. The highest BCUT2D eigenvalue weighted by Crippen LogP contribution is 2.28. The van der Waals surface area contributed by atoms with E-state index in [-0.39, 0.29) is 18.4 Å². The van der Waals surface area contributed by atoms with E-state index in [0.29, 0.717) is 18.0 Å². The number of para-hydroxylation sites is 2. The van der Waals surface area contributed by atoms with Crippen LogP contribution in [0.5, 0.6) is 5.75 Å². The van der Waals surface area contributed by atoms with Gasteiger partial charge in [-0.2, -0.15) is 0 Å². The number of amides is 2. The third kappa shape index (κ3) is 5.22. The number of carbonyl (C=O) groups excluding carboxylic acids is 1. The Bertz CT molecular complexity index is 839. The highest BCUT2D eigenvalue weighted by Gasteiger charge is 2.26. The fourth-order valence-corrected chi connectivity index (χ4v) is 4.07. The zero-order valence-corrected chi connectivity index (χ0v) is 17.8. The first kappa shape index (κ1) is 21.5. The van der Waals surface area contributed by atoms with Gasteiger partial charge in [0.2, 0.25) is 0 Å². The van der Waals surface area contributed by atoms with Gasteiger partial charge in [-0.1, -0.05) is 24.6 Å². The van der Waals surface area contributed by atoms with Crippen molar-refractivity contribution in [1.82, 2.24) is 4.90 Å². The number of halogens is 1. The Morgan fingerprint density at radius 1 is 1.07 bits per heavy atom. The van der Waals surface area contributed by atoms with Crippen molar-refractivity contribution in [2.45, 2.75) is 45.1 Å². The largest absolute Gasteiger partial charge is 0.492 e. The molecule has 1 aliphatic carbocycles. The fraction of sp³-hybridized carbons (Fsp3) is 0.435. The molecule has 0 bridgehead atoms. The van der Waals surface area contributed by atoms with Crippen molar-refractivity contribution >= 4 is 29.8 Å². The summed E-state index contributed by atoms with van der Waals surface area (Å²) in [6.07, 6.45) is 6.24. The standard InChI is InChI=1S/C23H29N3O2.ClH/c1-2-28-22-9-4-3-8-21(22)25-23(27)24-19-11-10-17-12-14-26(20-6-5-7-20)15-13-18(17)16-19;/h3-4,8-11,16,20H,2,5-7,12-15H2,1H3,(H2,24,25,27);1H. The van der Waals surface area contributed by atoms with Crippen molar-refractivity contribution in [2.24, 2.45) is 0 Å². The van der Waals surface area contributed by atoms with E-state index in [0.717, 1.165) is 37.7 Å². The quantitative estimate of drug-likeness (QED) is 0.713. The Labute approximate surface area is 179 Å². The van der Waals surface area contributed by atoms with E-state index in [1.807, 2.05) is 37.3 Å². The van der Waals surface area contributed by atoms with Crippen LogP contribution in [0.3, 0.4) is 0 Å². The SMILES string of the molecule is CCOc1ccccc1NC(=O)Nc1ccc2c(c1)CCN(C1CCC1)CC2.Cl. The van der Waals surface area contributed by atoms with E-state index in [1.54, 1.807) is 0 Å². The maximum Gasteiger partial charge on any atom is 0.323 e. The van der Waals surface area contributed by atoms with E-state index in [2.05, 4.69) is 27.7 Å². The van der Waals surface area contributed by atoms with Crippen LogP contribution in [0.25, 0.3) is 0 Å². The highest BCUT2D eigenvalue weighted by molar-refractivity contribution is 6.00. The second kappa shape index (κ2) is 9.99. The second-order valence-electron chi connectivity index (χ2n) is 7.61. The predicted octanol–water partition coefficient (Wildman–Crippen LogP) is 5.10. The molecule has 2 N–H and O–H groups in total. The number of ether oxygens (including phenoxy) is 1. The lowest BCUT2D eigenvalue weighted by molar-refractivity contribution is 0.133. The maximum absolute atomic E-state index is 12.5. The van der Waals surface area contributed by atoms with Crippen molar-refractivity contribution in [2.75, 3.05) is 30.3 Å². The number of rotatable bonds is 5. The van der Waals surface area contributed by atoms with Crippen LogP contribution < -0.4 is 15.4 Å². The van der Waals surface area contributed by atoms with Gasteiger partial charge < -0.3 is 15.4 Å². The normalized spacial score (nSPS) is 16.6. The lowest BCUT2D eigenvalue weighted by atomic mass is 9.91. The van der Waals surface area contributed by atoms with Crippen LogP contribution in [0, 0.1) is 0 Å². The molecule has 2 aromatic rings. The van der Waals surface area contributed by atoms with Gasteiger partial charge in [-0.05, 0) is 68.0 Å². The minimum absolute atomic E-state index is 0. The van der Waals surface area contributed by atoms with Crippen LogP contribution in [0.15, 0.2) is 42.5 Å². The number of fused-ring (bicyclic) bond motifs is 1. The van der Waals surface area contributed by atoms with Gasteiger partial charge in [0.05, 0.1) is 12.3 Å². The number of hydrogen-bond donors (Lipinski definition) is 2. The molecule has 1 fully saturated rings. The Balaban J connectivity index is 0.00000240. The van der Waals surface area contributed by atoms with Gasteiger partial charge in [0.1, 0.15) is 5.75 Å². The van der Waals surface area contributed by atoms with Crippen LogP contribution >= 0.6 is 12.4 Å². The number of hydrogen-bond acceptors (Lipinski definition) is 3. The Morgan fingerprint density at radius 3 is 2.55 bits per heavy atom. The summed E-state index contributed by atoms with van der Waals surface area (Å²) in [6.45, 7) is 4.76. The predicted molar refractivity (Wildman–Crippen MR) is 121 cm³/mol. The molecule has 2 aromatic carbocycles. The average molecular weight is 416 g/mol. The molecular weight excluding hydrogens is 386 g/mol. The number of anilines is 2. The Morgan fingerprint density at radius 2 is 1.83 bits per heavy atom. The molecule has 5 nitrogen and oxygen atoms in total. The average Bonchev–Trinajstić information content (AvgIpc) is 2.85. The van der Waals surface area contributed by atoms with Crippen LogP contribution in [0.1, 0.15) is 37.3 Å². The van der Waals surface area contributed by atoms with Gasteiger partial charge in [0.15, 0.2) is 0 Å². The summed E-state index contributed by atoms with van der Waals surface area (Å²) in [5, 5.41) is 5.86. The monoisotopic (exact) mass is 415 g/mol. The lowest BCUT2D eigenvalue weighted by Crippen LogP contribution is -2.41. The van der Waals surface area contributed by atoms with Gasteiger partial charge in [-0.25, -0.2) is 4.79 Å². The molecule has 0 aromatic heterocycles. The maximum atomic E-state index is 12.5. The molecule has 1 heterocycles. The van der Waals surface area contributed by atoms with E-state index in [1.165, 1.54) is 30.4 Å². The van der Waals surface area contributed by atoms with Crippen LogP contribution in [0.2, 0.25) is 0 Å². The minimum atomic E-state index is -0.253. The number of urea groups is 1. The number of benzene rings is 2. The molecule has 1 saturated carbocycles. The van der Waals surface area contributed by atoms with Gasteiger partial charge in [0, 0.05) is 24.8 Å². The van der Waals surface area contributed by atoms with E-state index >= 15 is 0 Å².